The van der Waals surface area contributed by atoms with Crippen molar-refractivity contribution in [3.63, 3.8) is 0 Å². The molecule has 378 valence electrons. The number of rotatable bonds is 8. The van der Waals surface area contributed by atoms with Gasteiger partial charge in [0.25, 0.3) is 0 Å². The predicted molar refractivity (Wildman–Crippen MR) is 331 cm³/mol. The van der Waals surface area contributed by atoms with Gasteiger partial charge in [-0.1, -0.05) is 173 Å². The monoisotopic (exact) mass is 1020 g/mol. The average Bonchev–Trinajstić information content (AvgIpc) is 4.17. The van der Waals surface area contributed by atoms with Crippen LogP contribution in [0.1, 0.15) is 55.5 Å². The topological polar surface area (TPSA) is 44.5 Å². The van der Waals surface area contributed by atoms with Crippen molar-refractivity contribution in [2.75, 3.05) is 9.80 Å². The van der Waals surface area contributed by atoms with Crippen LogP contribution in [0.15, 0.2) is 243 Å². The fourth-order valence-corrected chi connectivity index (χ4v) is 13.6. The molecule has 0 saturated heterocycles. The summed E-state index contributed by atoms with van der Waals surface area (Å²) in [5.41, 5.74) is 21.1. The highest BCUT2D eigenvalue weighted by atomic mass is 15.2. The van der Waals surface area contributed by atoms with Gasteiger partial charge in [-0.2, -0.15) is 5.26 Å². The number of benzene rings is 11. The summed E-state index contributed by atoms with van der Waals surface area (Å²) >= 11 is 0. The minimum Gasteiger partial charge on any atom is -0.317 e. The first-order valence-electron chi connectivity index (χ1n) is 27.4. The lowest BCUT2D eigenvalue weighted by molar-refractivity contribution is 0.661. The Bertz CT molecular complexity index is 4400. The molecule has 0 radical (unpaired) electrons. The van der Waals surface area contributed by atoms with Crippen molar-refractivity contribution in [2.24, 2.45) is 0 Å². The molecule has 6 nitrogen and oxygen atoms in total. The van der Waals surface area contributed by atoms with E-state index in [1.807, 2.05) is 36.4 Å². The number of nitriles is 1. The van der Waals surface area contributed by atoms with Gasteiger partial charge in [0.1, 0.15) is 6.07 Å². The highest BCUT2D eigenvalue weighted by molar-refractivity contribution is 6.18. The van der Waals surface area contributed by atoms with E-state index in [4.69, 9.17) is 0 Å². The Balaban J connectivity index is 1.06. The Labute approximate surface area is 465 Å². The van der Waals surface area contributed by atoms with Crippen LogP contribution in [-0.2, 0) is 10.8 Å². The van der Waals surface area contributed by atoms with Crippen LogP contribution < -0.4 is 9.80 Å². The van der Waals surface area contributed by atoms with Crippen molar-refractivity contribution < 1.29 is 0 Å². The first-order valence-corrected chi connectivity index (χ1v) is 27.4. The second-order valence-corrected chi connectivity index (χ2v) is 22.3. The van der Waals surface area contributed by atoms with E-state index >= 15 is 0 Å². The van der Waals surface area contributed by atoms with Gasteiger partial charge in [0.05, 0.1) is 57.0 Å². The van der Waals surface area contributed by atoms with E-state index in [0.29, 0.717) is 22.6 Å². The Kier molecular flexibility index (Phi) is 10.3. The zero-order valence-corrected chi connectivity index (χ0v) is 44.8. The number of aromatic nitrogens is 2. The third-order valence-electron chi connectivity index (χ3n) is 17.3. The van der Waals surface area contributed by atoms with Crippen molar-refractivity contribution in [1.82, 2.24) is 9.13 Å². The molecule has 0 aliphatic heterocycles. The molecule has 0 atom stereocenters. The minimum absolute atomic E-state index is 0.299. The molecule has 0 amide bonds. The SMILES string of the molecule is [C-]#[N+]c1cc(-n2c3cc4c(cc3c3cccc(N(c5ccccc5)c5ccccc5)c32)-c2ccccc2C4(C)C)c(C#N)cc1-n1c2cc3c(cc2c2cccc(N(c4ccccc4)c4ccccc4)c21)-c1ccccc1C3(C)C. The van der Waals surface area contributed by atoms with Crippen molar-refractivity contribution in [2.45, 2.75) is 38.5 Å². The summed E-state index contributed by atoms with van der Waals surface area (Å²) in [5.74, 6) is 0. The van der Waals surface area contributed by atoms with E-state index in [0.717, 1.165) is 77.7 Å². The molecule has 0 saturated carbocycles. The maximum atomic E-state index is 11.9. The fourth-order valence-electron chi connectivity index (χ4n) is 13.6. The first kappa shape index (κ1) is 46.9. The van der Waals surface area contributed by atoms with Crippen molar-refractivity contribution >= 4 is 83.4 Å². The molecule has 13 aromatic rings. The average molecular weight is 1030 g/mol. The van der Waals surface area contributed by atoms with Crippen molar-refractivity contribution in [1.29, 1.82) is 5.26 Å². The molecule has 2 aromatic heterocycles. The standard InChI is InChI=1S/C74H52N6/c1-73(2)60-36-20-18-32-52(60)56-41-58-54-34-22-38-65(77(48-24-10-6-11-25-48)49-26-12-7-13-27-49)71(54)79(68(58)43-62(56)73)67-45-64(76-5)70(40-47(67)46-75)80-69-44-63-57(53-33-19-21-37-61(53)74(63,3)4)42-59(69)55-35-23-39-66(72(55)80)78(50-28-14-8-15-29-50)51-30-16-9-17-31-51/h6-45H,1-4H3. The van der Waals surface area contributed by atoms with Crippen LogP contribution in [0.25, 0.3) is 82.1 Å². The molecule has 2 aliphatic rings. The van der Waals surface area contributed by atoms with E-state index < -0.39 is 0 Å². The van der Waals surface area contributed by atoms with Crippen LogP contribution >= 0.6 is 0 Å². The molecule has 0 spiro atoms. The molecule has 2 heterocycles. The van der Waals surface area contributed by atoms with Gasteiger partial charge in [0, 0.05) is 55.1 Å². The van der Waals surface area contributed by atoms with Crippen LogP contribution in [0, 0.1) is 17.9 Å². The van der Waals surface area contributed by atoms with Crippen molar-refractivity contribution in [3.05, 3.63) is 282 Å². The first-order chi connectivity index (χ1) is 39.1. The molecule has 80 heavy (non-hydrogen) atoms. The molecule has 15 rings (SSSR count). The fraction of sp³-hybridized carbons (Fsp3) is 0.0811. The molecule has 0 bridgehead atoms. The van der Waals surface area contributed by atoms with Gasteiger partial charge in [-0.25, -0.2) is 4.85 Å². The molecular formula is C74H52N6. The maximum Gasteiger partial charge on any atom is 0.212 e. The smallest absolute Gasteiger partial charge is 0.212 e. The summed E-state index contributed by atoms with van der Waals surface area (Å²) in [6.07, 6.45) is 0. The van der Waals surface area contributed by atoms with Gasteiger partial charge in [0.15, 0.2) is 0 Å². The van der Waals surface area contributed by atoms with E-state index in [9.17, 15) is 11.8 Å². The summed E-state index contributed by atoms with van der Waals surface area (Å²) < 4.78 is 4.57. The molecule has 0 unspecified atom stereocenters. The number of para-hydroxylation sites is 6. The zero-order valence-electron chi connectivity index (χ0n) is 44.8. The predicted octanol–water partition coefficient (Wildman–Crippen LogP) is 19.9. The Morgan fingerprint density at radius 2 is 0.775 bits per heavy atom. The maximum absolute atomic E-state index is 11.9. The van der Waals surface area contributed by atoms with Gasteiger partial charge >= 0.3 is 0 Å². The van der Waals surface area contributed by atoms with Crippen LogP contribution in [-0.4, -0.2) is 9.13 Å². The Hall–Kier alpha value is -10.4. The second kappa shape index (κ2) is 17.6. The summed E-state index contributed by atoms with van der Waals surface area (Å²) in [6.45, 7) is 18.6. The largest absolute Gasteiger partial charge is 0.317 e. The lowest BCUT2D eigenvalue weighted by atomic mass is 9.82. The minimum atomic E-state index is -0.300. The van der Waals surface area contributed by atoms with Crippen molar-refractivity contribution in [3.8, 4) is 39.7 Å². The number of hydrogen-bond donors (Lipinski definition) is 0. The van der Waals surface area contributed by atoms with E-state index in [1.54, 1.807) is 0 Å². The van der Waals surface area contributed by atoms with E-state index in [1.165, 1.54) is 44.5 Å². The van der Waals surface area contributed by atoms with E-state index in [2.05, 4.69) is 264 Å². The molecule has 2 aliphatic carbocycles. The van der Waals surface area contributed by atoms with Gasteiger partial charge in [-0.15, -0.1) is 0 Å². The summed E-state index contributed by atoms with van der Waals surface area (Å²) in [4.78, 5) is 9.13. The third-order valence-corrected chi connectivity index (χ3v) is 17.3. The van der Waals surface area contributed by atoms with Gasteiger partial charge < -0.3 is 18.9 Å². The molecule has 11 aromatic carbocycles. The number of fused-ring (bicyclic) bond motifs is 12. The van der Waals surface area contributed by atoms with Gasteiger partial charge in [0.2, 0.25) is 5.69 Å². The summed E-state index contributed by atoms with van der Waals surface area (Å²) in [6, 6.07) is 88.8. The van der Waals surface area contributed by atoms with Crippen LogP contribution in [0.5, 0.6) is 0 Å². The quantitative estimate of drug-likeness (QED) is 0.143. The van der Waals surface area contributed by atoms with Crippen LogP contribution in [0.2, 0.25) is 0 Å². The molecule has 0 N–H and O–H groups in total. The third kappa shape index (κ3) is 6.70. The van der Waals surface area contributed by atoms with Crippen LogP contribution in [0.3, 0.4) is 0 Å². The highest BCUT2D eigenvalue weighted by Gasteiger charge is 2.39. The molecule has 6 heteroatoms. The summed E-state index contributed by atoms with van der Waals surface area (Å²) in [7, 11) is 0. The van der Waals surface area contributed by atoms with Gasteiger partial charge in [-0.3, -0.25) is 0 Å². The molecular weight excluding hydrogens is 973 g/mol. The second-order valence-electron chi connectivity index (χ2n) is 22.3. The number of nitrogens with zero attached hydrogens (tertiary/aromatic N) is 6. The normalized spacial score (nSPS) is 13.4. The van der Waals surface area contributed by atoms with E-state index in [-0.39, 0.29) is 10.8 Å². The summed E-state index contributed by atoms with van der Waals surface area (Å²) in [5, 5.41) is 16.2. The van der Waals surface area contributed by atoms with Gasteiger partial charge in [-0.05, 0) is 142 Å². The lowest BCUT2D eigenvalue weighted by Crippen LogP contribution is -2.15. The lowest BCUT2D eigenvalue weighted by Gasteiger charge is -2.28. The Morgan fingerprint density at radius 1 is 0.388 bits per heavy atom. The number of hydrogen-bond acceptors (Lipinski definition) is 3. The molecule has 0 fully saturated rings. The zero-order chi connectivity index (χ0) is 54.0. The number of anilines is 6. The Morgan fingerprint density at radius 3 is 1.18 bits per heavy atom. The van der Waals surface area contributed by atoms with Crippen LogP contribution in [0.4, 0.5) is 39.8 Å². The highest BCUT2D eigenvalue weighted by Crippen LogP contribution is 2.55.